The predicted molar refractivity (Wildman–Crippen MR) is 127 cm³/mol. The number of rotatable bonds is 7. The van der Waals surface area contributed by atoms with Crippen LogP contribution in [0, 0.1) is 13.8 Å². The highest BCUT2D eigenvalue weighted by Gasteiger charge is 2.32. The van der Waals surface area contributed by atoms with Crippen molar-refractivity contribution in [2.45, 2.75) is 47.1 Å². The van der Waals surface area contributed by atoms with Crippen LogP contribution in [0.2, 0.25) is 0 Å². The highest BCUT2D eigenvalue weighted by atomic mass is 32.2. The Morgan fingerprint density at radius 1 is 0.968 bits per heavy atom. The molecule has 0 amide bonds. The molecule has 0 spiro atoms. The first-order valence-corrected chi connectivity index (χ1v) is 13.6. The highest BCUT2D eigenvalue weighted by Crippen LogP contribution is 2.35. The zero-order valence-corrected chi connectivity index (χ0v) is 20.7. The van der Waals surface area contributed by atoms with Gasteiger partial charge in [0.1, 0.15) is 16.5 Å². The highest BCUT2D eigenvalue weighted by molar-refractivity contribution is 7.86. The molecule has 0 bridgehead atoms. The molecule has 0 atom stereocenters. The molecule has 2 aliphatic heterocycles. The summed E-state index contributed by atoms with van der Waals surface area (Å²) in [5.41, 5.74) is 1.24. The van der Waals surface area contributed by atoms with Crippen LogP contribution in [0.5, 0.6) is 0 Å². The van der Waals surface area contributed by atoms with Gasteiger partial charge >= 0.3 is 0 Å². The maximum Gasteiger partial charge on any atom is 0.282 e. The van der Waals surface area contributed by atoms with E-state index < -0.39 is 10.2 Å². The lowest BCUT2D eigenvalue weighted by molar-refractivity contribution is 0.322. The number of hydrogen-bond donors (Lipinski definition) is 0. The summed E-state index contributed by atoms with van der Waals surface area (Å²) < 4.78 is 29.0. The molecule has 2 aromatic rings. The van der Waals surface area contributed by atoms with E-state index in [1.54, 1.807) is 15.6 Å². The number of likely N-dealkylation sites (tertiary alicyclic amines) is 1. The van der Waals surface area contributed by atoms with E-state index >= 15 is 0 Å². The average molecular weight is 467 g/mol. The molecule has 0 aromatic carbocycles. The minimum atomic E-state index is -3.40. The second-order valence-electron chi connectivity index (χ2n) is 8.39. The van der Waals surface area contributed by atoms with Gasteiger partial charge in [0.15, 0.2) is 0 Å². The van der Waals surface area contributed by atoms with Gasteiger partial charge in [-0.25, -0.2) is 9.97 Å². The molecule has 2 aromatic heterocycles. The van der Waals surface area contributed by atoms with Crippen molar-refractivity contribution in [3.63, 3.8) is 0 Å². The lowest BCUT2D eigenvalue weighted by atomic mass is 10.2. The van der Waals surface area contributed by atoms with Crippen LogP contribution in [0.1, 0.15) is 43.0 Å². The summed E-state index contributed by atoms with van der Waals surface area (Å²) in [7, 11) is -3.40. The summed E-state index contributed by atoms with van der Waals surface area (Å²) in [6.45, 7) is 14.3. The molecule has 4 rings (SSSR count). The van der Waals surface area contributed by atoms with E-state index in [1.807, 2.05) is 13.8 Å². The SMILES string of the molecule is CCN(CC)S(=O)(=O)N1CCN(c2nc(CN3CCCC3)nc3sc(C)c(C)c23)CC1. The van der Waals surface area contributed by atoms with E-state index in [-0.39, 0.29) is 0 Å². The van der Waals surface area contributed by atoms with Crippen LogP contribution < -0.4 is 4.90 Å². The Balaban J connectivity index is 1.60. The molecule has 0 saturated carbocycles. The third-order valence-corrected chi connectivity index (χ3v) is 9.80. The third-order valence-electron chi connectivity index (χ3n) is 6.52. The van der Waals surface area contributed by atoms with E-state index in [4.69, 9.17) is 9.97 Å². The molecular weight excluding hydrogens is 432 g/mol. The number of nitrogens with zero attached hydrogens (tertiary/aromatic N) is 6. The molecule has 8 nitrogen and oxygen atoms in total. The maximum absolute atomic E-state index is 12.9. The first kappa shape index (κ1) is 22.8. The summed E-state index contributed by atoms with van der Waals surface area (Å²) in [4.78, 5) is 16.9. The quantitative estimate of drug-likeness (QED) is 0.625. The molecule has 0 unspecified atom stereocenters. The van der Waals surface area contributed by atoms with Crippen molar-refractivity contribution in [2.75, 3.05) is 57.3 Å². The predicted octanol–water partition coefficient (Wildman–Crippen LogP) is 2.61. The smallest absolute Gasteiger partial charge is 0.282 e. The van der Waals surface area contributed by atoms with Crippen LogP contribution in [-0.4, -0.2) is 84.3 Å². The Bertz CT molecular complexity index is 1020. The van der Waals surface area contributed by atoms with E-state index in [1.165, 1.54) is 27.6 Å². The summed E-state index contributed by atoms with van der Waals surface area (Å²) in [6, 6.07) is 0. The van der Waals surface area contributed by atoms with Crippen LogP contribution >= 0.6 is 11.3 Å². The van der Waals surface area contributed by atoms with Crippen LogP contribution in [-0.2, 0) is 16.8 Å². The van der Waals surface area contributed by atoms with Crippen LogP contribution in [0.3, 0.4) is 0 Å². The molecular formula is C21H34N6O2S2. The largest absolute Gasteiger partial charge is 0.353 e. The Morgan fingerprint density at radius 3 is 2.23 bits per heavy atom. The number of piperazine rings is 1. The normalized spacial score (nSPS) is 19.2. The third kappa shape index (κ3) is 4.45. The summed E-state index contributed by atoms with van der Waals surface area (Å²) in [6.07, 6.45) is 2.49. The van der Waals surface area contributed by atoms with Gasteiger partial charge in [-0.1, -0.05) is 13.8 Å². The first-order valence-electron chi connectivity index (χ1n) is 11.3. The second-order valence-corrected chi connectivity index (χ2v) is 11.5. The zero-order valence-electron chi connectivity index (χ0n) is 19.1. The second kappa shape index (κ2) is 9.27. The molecule has 0 aliphatic carbocycles. The van der Waals surface area contributed by atoms with Crippen molar-refractivity contribution in [1.29, 1.82) is 0 Å². The Morgan fingerprint density at radius 2 is 1.61 bits per heavy atom. The van der Waals surface area contributed by atoms with Crippen LogP contribution in [0.15, 0.2) is 0 Å². The standard InChI is InChI=1S/C21H34N6O2S2/c1-5-26(6-2)31(28,29)27-13-11-25(12-14-27)20-19-16(3)17(4)30-21(19)23-18(22-20)15-24-9-7-8-10-24/h5-15H2,1-4H3. The lowest BCUT2D eigenvalue weighted by Crippen LogP contribution is -2.53. The molecule has 2 fully saturated rings. The molecule has 4 heterocycles. The summed E-state index contributed by atoms with van der Waals surface area (Å²) in [5.74, 6) is 1.85. The van der Waals surface area contributed by atoms with Crippen molar-refractivity contribution in [3.05, 3.63) is 16.3 Å². The van der Waals surface area contributed by atoms with Crippen molar-refractivity contribution in [1.82, 2.24) is 23.5 Å². The van der Waals surface area contributed by atoms with Crippen molar-refractivity contribution < 1.29 is 8.42 Å². The van der Waals surface area contributed by atoms with Gasteiger partial charge in [0.05, 0.1) is 11.9 Å². The van der Waals surface area contributed by atoms with E-state index in [0.717, 1.165) is 41.5 Å². The Kier molecular flexibility index (Phi) is 6.83. The maximum atomic E-state index is 12.9. The van der Waals surface area contributed by atoms with Gasteiger partial charge < -0.3 is 4.90 Å². The molecule has 0 radical (unpaired) electrons. The number of fused-ring (bicyclic) bond motifs is 1. The van der Waals surface area contributed by atoms with Crippen LogP contribution in [0.4, 0.5) is 5.82 Å². The van der Waals surface area contributed by atoms with E-state index in [0.29, 0.717) is 39.3 Å². The Labute approximate surface area is 190 Å². The average Bonchev–Trinajstić information content (AvgIpc) is 3.36. The van der Waals surface area contributed by atoms with Gasteiger partial charge in [-0.15, -0.1) is 11.3 Å². The summed E-state index contributed by atoms with van der Waals surface area (Å²) >= 11 is 1.73. The van der Waals surface area contributed by atoms with Crippen molar-refractivity contribution in [3.8, 4) is 0 Å². The molecule has 31 heavy (non-hydrogen) atoms. The minimum absolute atomic E-state index is 0.480. The van der Waals surface area contributed by atoms with E-state index in [9.17, 15) is 8.42 Å². The summed E-state index contributed by atoms with van der Waals surface area (Å²) in [5, 5.41) is 1.13. The van der Waals surface area contributed by atoms with Gasteiger partial charge in [0.25, 0.3) is 10.2 Å². The van der Waals surface area contributed by atoms with Gasteiger partial charge in [-0.3, -0.25) is 4.90 Å². The fourth-order valence-corrected chi connectivity index (χ4v) is 7.20. The monoisotopic (exact) mass is 466 g/mol. The zero-order chi connectivity index (χ0) is 22.2. The lowest BCUT2D eigenvalue weighted by Gasteiger charge is -2.37. The van der Waals surface area contributed by atoms with Gasteiger partial charge in [-0.05, 0) is 45.3 Å². The van der Waals surface area contributed by atoms with E-state index in [2.05, 4.69) is 23.6 Å². The van der Waals surface area contributed by atoms with Crippen molar-refractivity contribution >= 4 is 37.6 Å². The molecule has 2 aliphatic rings. The molecule has 0 N–H and O–H groups in total. The first-order chi connectivity index (χ1) is 14.8. The molecule has 2 saturated heterocycles. The molecule has 10 heteroatoms. The number of thiophene rings is 1. The minimum Gasteiger partial charge on any atom is -0.353 e. The number of aryl methyl sites for hydroxylation is 2. The van der Waals surface area contributed by atoms with Crippen molar-refractivity contribution in [2.24, 2.45) is 0 Å². The van der Waals surface area contributed by atoms with Crippen LogP contribution in [0.25, 0.3) is 10.2 Å². The number of anilines is 1. The number of hydrogen-bond acceptors (Lipinski definition) is 7. The van der Waals surface area contributed by atoms with Gasteiger partial charge in [0.2, 0.25) is 0 Å². The fourth-order valence-electron chi connectivity index (χ4n) is 4.56. The van der Waals surface area contributed by atoms with Gasteiger partial charge in [0, 0.05) is 44.1 Å². The Hall–Kier alpha value is -1.33. The topological polar surface area (TPSA) is 72.9 Å². The molecule has 172 valence electrons. The number of aromatic nitrogens is 2. The van der Waals surface area contributed by atoms with Gasteiger partial charge in [-0.2, -0.15) is 17.0 Å². The fraction of sp³-hybridized carbons (Fsp3) is 0.714.